The lowest BCUT2D eigenvalue weighted by Gasteiger charge is -2.12. The van der Waals surface area contributed by atoms with Crippen molar-refractivity contribution in [3.05, 3.63) is 56.6 Å². The monoisotopic (exact) mass is 378 g/mol. The van der Waals surface area contributed by atoms with Crippen LogP contribution in [0.2, 0.25) is 5.02 Å². The van der Waals surface area contributed by atoms with E-state index in [4.69, 9.17) is 25.5 Å². The van der Waals surface area contributed by atoms with Gasteiger partial charge in [-0.15, -0.1) is 0 Å². The maximum Gasteiger partial charge on any atom is 0.351 e. The van der Waals surface area contributed by atoms with Crippen LogP contribution in [0.4, 0.5) is 0 Å². The molecule has 0 aliphatic rings. The Hall–Kier alpha value is -2.73. The van der Waals surface area contributed by atoms with E-state index in [1.54, 1.807) is 12.1 Å². The number of aryl methyl sites for hydroxylation is 1. The normalized spacial score (nSPS) is 10.9. The molecule has 0 aliphatic heterocycles. The highest BCUT2D eigenvalue weighted by Crippen LogP contribution is 2.37. The van der Waals surface area contributed by atoms with Gasteiger partial charge in [-0.3, -0.25) is 4.79 Å². The first-order chi connectivity index (χ1) is 12.4. The lowest BCUT2D eigenvalue weighted by Crippen LogP contribution is -2.12. The van der Waals surface area contributed by atoms with E-state index in [0.29, 0.717) is 28.7 Å². The summed E-state index contributed by atoms with van der Waals surface area (Å²) in [5.41, 5.74) is -0.746. The lowest BCUT2D eigenvalue weighted by molar-refractivity contribution is 0.104. The fourth-order valence-corrected chi connectivity index (χ4v) is 2.53. The van der Waals surface area contributed by atoms with Gasteiger partial charge < -0.3 is 19.0 Å². The maximum absolute atomic E-state index is 12.2. The molecular weight excluding hydrogens is 360 g/mol. The van der Waals surface area contributed by atoms with E-state index in [-0.39, 0.29) is 5.76 Å². The number of halogens is 1. The fourth-order valence-electron chi connectivity index (χ4n) is 2.26. The van der Waals surface area contributed by atoms with Crippen LogP contribution in [0.5, 0.6) is 17.2 Å². The van der Waals surface area contributed by atoms with Gasteiger partial charge in [-0.25, -0.2) is 4.79 Å². The minimum atomic E-state index is -0.893. The molecule has 0 amide bonds. The van der Waals surface area contributed by atoms with E-state index in [2.05, 4.69) is 0 Å². The van der Waals surface area contributed by atoms with Gasteiger partial charge >= 0.3 is 5.63 Å². The number of ketones is 1. The van der Waals surface area contributed by atoms with Crippen molar-refractivity contribution in [3.63, 3.8) is 0 Å². The average molecular weight is 379 g/mol. The first-order valence-electron chi connectivity index (χ1n) is 7.93. The number of ether oxygens (including phenoxy) is 2. The number of hydrogen-bond donors (Lipinski definition) is 1. The molecular formula is C19H19ClO6. The molecule has 1 aromatic carbocycles. The molecule has 1 aromatic heterocycles. The van der Waals surface area contributed by atoms with Gasteiger partial charge in [0, 0.05) is 6.07 Å². The number of carbonyl (C=O) groups excluding carboxylic acids is 1. The zero-order valence-electron chi connectivity index (χ0n) is 14.7. The number of methoxy groups -OCH3 is 1. The van der Waals surface area contributed by atoms with Crippen molar-refractivity contribution >= 4 is 23.5 Å². The second-order valence-corrected chi connectivity index (χ2v) is 5.89. The zero-order valence-corrected chi connectivity index (χ0v) is 15.4. The third kappa shape index (κ3) is 4.46. The smallest absolute Gasteiger partial charge is 0.351 e. The SMILES string of the molecule is CCCOc1c(Cl)cc(/C=C/C(=O)c2c(O)cc(C)oc2=O)cc1OC. The van der Waals surface area contributed by atoms with Crippen LogP contribution in [0.15, 0.2) is 33.5 Å². The predicted octanol–water partition coefficient (Wildman–Crippen LogP) is 4.00. The number of benzene rings is 1. The molecule has 26 heavy (non-hydrogen) atoms. The molecule has 6 nitrogen and oxygen atoms in total. The Morgan fingerprint density at radius 1 is 1.35 bits per heavy atom. The minimum absolute atomic E-state index is 0.215. The van der Waals surface area contributed by atoms with E-state index >= 15 is 0 Å². The Kier molecular flexibility index (Phi) is 6.46. The lowest BCUT2D eigenvalue weighted by atomic mass is 10.1. The maximum atomic E-state index is 12.2. The van der Waals surface area contributed by atoms with Crippen molar-refractivity contribution < 1.29 is 23.8 Å². The van der Waals surface area contributed by atoms with Crippen molar-refractivity contribution in [3.8, 4) is 17.2 Å². The van der Waals surface area contributed by atoms with Crippen LogP contribution in [0.3, 0.4) is 0 Å². The second kappa shape index (κ2) is 8.58. The van der Waals surface area contributed by atoms with Crippen molar-refractivity contribution in [1.29, 1.82) is 0 Å². The Bertz CT molecular complexity index is 898. The summed E-state index contributed by atoms with van der Waals surface area (Å²) in [5, 5.41) is 10.1. The molecule has 0 aliphatic carbocycles. The topological polar surface area (TPSA) is 86.0 Å². The first-order valence-corrected chi connectivity index (χ1v) is 8.31. The molecule has 0 radical (unpaired) electrons. The summed E-state index contributed by atoms with van der Waals surface area (Å²) in [6.07, 6.45) is 3.43. The molecule has 0 fully saturated rings. The average Bonchev–Trinajstić information content (AvgIpc) is 2.57. The Balaban J connectivity index is 2.32. The molecule has 2 rings (SSSR count). The van der Waals surface area contributed by atoms with Crippen LogP contribution < -0.4 is 15.1 Å². The molecule has 2 aromatic rings. The number of aromatic hydroxyl groups is 1. The summed E-state index contributed by atoms with van der Waals surface area (Å²) >= 11 is 6.22. The first kappa shape index (κ1) is 19.6. The van der Waals surface area contributed by atoms with Crippen molar-refractivity contribution in [2.24, 2.45) is 0 Å². The molecule has 0 saturated carbocycles. The Morgan fingerprint density at radius 2 is 2.08 bits per heavy atom. The molecule has 0 spiro atoms. The third-order valence-electron chi connectivity index (χ3n) is 3.43. The highest BCUT2D eigenvalue weighted by atomic mass is 35.5. The van der Waals surface area contributed by atoms with E-state index in [0.717, 1.165) is 12.5 Å². The van der Waals surface area contributed by atoms with Gasteiger partial charge in [0.05, 0.1) is 18.7 Å². The van der Waals surface area contributed by atoms with Gasteiger partial charge in [0.1, 0.15) is 17.1 Å². The largest absolute Gasteiger partial charge is 0.507 e. The summed E-state index contributed by atoms with van der Waals surface area (Å²) in [5.74, 6) is -0.0377. The van der Waals surface area contributed by atoms with Crippen LogP contribution in [-0.2, 0) is 0 Å². The van der Waals surface area contributed by atoms with Crippen molar-refractivity contribution in [1.82, 2.24) is 0 Å². The number of allylic oxidation sites excluding steroid dienone is 1. The van der Waals surface area contributed by atoms with Crippen LogP contribution in [-0.4, -0.2) is 24.6 Å². The Labute approximate surface area is 155 Å². The highest BCUT2D eigenvalue weighted by Gasteiger charge is 2.16. The van der Waals surface area contributed by atoms with Gasteiger partial charge in [-0.05, 0) is 37.1 Å². The standard InChI is InChI=1S/C19H19ClO6/c1-4-7-25-18-13(20)9-12(10-16(18)24-3)5-6-14(21)17-15(22)8-11(2)26-19(17)23/h5-6,8-10,22H,4,7H2,1-3H3/b6-5+. The zero-order chi connectivity index (χ0) is 19.3. The van der Waals surface area contributed by atoms with Crippen LogP contribution in [0, 0.1) is 6.92 Å². The summed E-state index contributed by atoms with van der Waals surface area (Å²) in [6.45, 7) is 3.97. The van der Waals surface area contributed by atoms with E-state index in [1.807, 2.05) is 6.92 Å². The molecule has 138 valence electrons. The molecule has 1 heterocycles. The number of hydrogen-bond acceptors (Lipinski definition) is 6. The van der Waals surface area contributed by atoms with Crippen molar-refractivity contribution in [2.75, 3.05) is 13.7 Å². The predicted molar refractivity (Wildman–Crippen MR) is 98.5 cm³/mol. The number of rotatable bonds is 7. The number of carbonyl (C=O) groups is 1. The van der Waals surface area contributed by atoms with Gasteiger partial charge in [0.2, 0.25) is 0 Å². The molecule has 0 bridgehead atoms. The molecule has 0 atom stereocenters. The second-order valence-electron chi connectivity index (χ2n) is 5.48. The van der Waals surface area contributed by atoms with Crippen LogP contribution >= 0.6 is 11.6 Å². The van der Waals surface area contributed by atoms with Crippen LogP contribution in [0.25, 0.3) is 6.08 Å². The van der Waals surface area contributed by atoms with Gasteiger partial charge in [-0.1, -0.05) is 24.6 Å². The van der Waals surface area contributed by atoms with Gasteiger partial charge in [0.25, 0.3) is 0 Å². The Morgan fingerprint density at radius 3 is 2.69 bits per heavy atom. The van der Waals surface area contributed by atoms with Crippen molar-refractivity contribution in [2.45, 2.75) is 20.3 Å². The minimum Gasteiger partial charge on any atom is -0.507 e. The van der Waals surface area contributed by atoms with E-state index < -0.39 is 22.7 Å². The fraction of sp³-hybridized carbons (Fsp3) is 0.263. The van der Waals surface area contributed by atoms with Gasteiger partial charge in [0.15, 0.2) is 17.3 Å². The molecule has 7 heteroatoms. The summed E-state index contributed by atoms with van der Waals surface area (Å²) < 4.78 is 15.7. The molecule has 1 N–H and O–H groups in total. The molecule has 0 unspecified atom stereocenters. The van der Waals surface area contributed by atoms with Gasteiger partial charge in [-0.2, -0.15) is 0 Å². The van der Waals surface area contributed by atoms with E-state index in [1.165, 1.54) is 26.2 Å². The highest BCUT2D eigenvalue weighted by molar-refractivity contribution is 6.32. The summed E-state index contributed by atoms with van der Waals surface area (Å²) in [7, 11) is 1.48. The van der Waals surface area contributed by atoms with Crippen LogP contribution in [0.1, 0.15) is 35.0 Å². The molecule has 0 saturated heterocycles. The quantitative estimate of drug-likeness (QED) is 0.579. The summed E-state index contributed by atoms with van der Waals surface area (Å²) in [6, 6.07) is 4.47. The third-order valence-corrected chi connectivity index (χ3v) is 3.71. The van der Waals surface area contributed by atoms with E-state index in [9.17, 15) is 14.7 Å². The summed E-state index contributed by atoms with van der Waals surface area (Å²) in [4.78, 5) is 24.0.